The summed E-state index contributed by atoms with van der Waals surface area (Å²) >= 11 is 0. The van der Waals surface area contributed by atoms with Crippen LogP contribution in [0.4, 0.5) is 4.39 Å². The molecule has 0 amide bonds. The molecule has 0 fully saturated rings. The Bertz CT molecular complexity index is 168. The minimum absolute atomic E-state index is 0.544. The van der Waals surface area contributed by atoms with E-state index in [1.54, 1.807) is 6.92 Å². The summed E-state index contributed by atoms with van der Waals surface area (Å²) in [4.78, 5) is 0. The lowest BCUT2D eigenvalue weighted by molar-refractivity contribution is 0.392. The van der Waals surface area contributed by atoms with Crippen molar-refractivity contribution in [2.75, 3.05) is 0 Å². The first-order chi connectivity index (χ1) is 4.04. The zero-order chi connectivity index (χ0) is 7.44. The first-order valence-corrected chi connectivity index (χ1v) is 2.45. The predicted molar refractivity (Wildman–Crippen MR) is 35.8 cm³/mol. The maximum absolute atomic E-state index is 12.2. The van der Waals surface area contributed by atoms with E-state index in [4.69, 9.17) is 5.11 Å². The fraction of sp³-hybridized carbons (Fsp3) is 0.143. The molecule has 2 heteroatoms. The molecular weight excluding hydrogens is 119 g/mol. The molecule has 0 aromatic rings. The summed E-state index contributed by atoms with van der Waals surface area (Å²) in [5.41, 5.74) is 0.544. The fourth-order valence-corrected chi connectivity index (χ4v) is 0.300. The molecule has 0 saturated carbocycles. The van der Waals surface area contributed by atoms with Gasteiger partial charge in [0.1, 0.15) is 5.76 Å². The molecule has 0 rings (SSSR count). The molecule has 0 aliphatic rings. The van der Waals surface area contributed by atoms with E-state index < -0.39 is 11.6 Å². The maximum Gasteiger partial charge on any atom is 0.164 e. The summed E-state index contributed by atoms with van der Waals surface area (Å²) < 4.78 is 12.2. The molecule has 0 saturated heterocycles. The lowest BCUT2D eigenvalue weighted by Crippen LogP contribution is -1.77. The summed E-state index contributed by atoms with van der Waals surface area (Å²) in [5.74, 6) is -1.29. The molecule has 0 aliphatic heterocycles. The highest BCUT2D eigenvalue weighted by Gasteiger charge is 1.94. The molecule has 9 heavy (non-hydrogen) atoms. The molecule has 0 unspecified atom stereocenters. The van der Waals surface area contributed by atoms with E-state index >= 15 is 0 Å². The van der Waals surface area contributed by atoms with Crippen molar-refractivity contribution in [2.24, 2.45) is 0 Å². The van der Waals surface area contributed by atoms with Crippen LogP contribution in [0.1, 0.15) is 6.92 Å². The summed E-state index contributed by atoms with van der Waals surface area (Å²) in [7, 11) is 0. The molecule has 0 aliphatic carbocycles. The minimum Gasteiger partial charge on any atom is -0.506 e. The van der Waals surface area contributed by atoms with E-state index in [-0.39, 0.29) is 0 Å². The van der Waals surface area contributed by atoms with Crippen molar-refractivity contribution < 1.29 is 9.50 Å². The van der Waals surface area contributed by atoms with Gasteiger partial charge in [-0.05, 0) is 13.0 Å². The molecule has 0 spiro atoms. The molecule has 0 atom stereocenters. The summed E-state index contributed by atoms with van der Waals surface area (Å²) in [6.45, 7) is 8.02. The molecule has 0 heterocycles. The zero-order valence-corrected chi connectivity index (χ0v) is 5.32. The van der Waals surface area contributed by atoms with Crippen LogP contribution in [0.2, 0.25) is 0 Å². The first kappa shape index (κ1) is 7.95. The Hall–Kier alpha value is -1.05. The molecule has 0 bridgehead atoms. The number of halogens is 1. The average Bonchev–Trinajstić information content (AvgIpc) is 1.63. The van der Waals surface area contributed by atoms with Gasteiger partial charge in [-0.3, -0.25) is 0 Å². The van der Waals surface area contributed by atoms with Gasteiger partial charge in [0.05, 0.1) is 0 Å². The van der Waals surface area contributed by atoms with Crippen LogP contribution in [0.15, 0.2) is 36.4 Å². The Kier molecular flexibility index (Phi) is 2.71. The van der Waals surface area contributed by atoms with E-state index in [9.17, 15) is 4.39 Å². The number of hydrogen-bond acceptors (Lipinski definition) is 1. The third kappa shape index (κ3) is 3.53. The van der Waals surface area contributed by atoms with Crippen LogP contribution >= 0.6 is 0 Å². The largest absolute Gasteiger partial charge is 0.506 e. The third-order valence-corrected chi connectivity index (χ3v) is 0.649. The van der Waals surface area contributed by atoms with Gasteiger partial charge in [-0.15, -0.1) is 0 Å². The zero-order valence-electron chi connectivity index (χ0n) is 5.32. The lowest BCUT2D eigenvalue weighted by Gasteiger charge is -1.90. The number of aliphatic hydroxyl groups is 1. The molecule has 0 radical (unpaired) electrons. The lowest BCUT2D eigenvalue weighted by atomic mass is 10.3. The van der Waals surface area contributed by atoms with Crippen molar-refractivity contribution in [3.8, 4) is 0 Å². The SMILES string of the molecule is C=C(C)/C=C(/F)C(=C)O. The summed E-state index contributed by atoms with van der Waals surface area (Å²) in [5, 5.41) is 8.39. The number of allylic oxidation sites excluding steroid dienone is 3. The highest BCUT2D eigenvalue weighted by Crippen LogP contribution is 2.07. The van der Waals surface area contributed by atoms with Crippen molar-refractivity contribution in [1.29, 1.82) is 0 Å². The Labute approximate surface area is 53.8 Å². The smallest absolute Gasteiger partial charge is 0.164 e. The fourth-order valence-electron chi connectivity index (χ4n) is 0.300. The van der Waals surface area contributed by atoms with Crippen LogP contribution in [0.3, 0.4) is 0 Å². The van der Waals surface area contributed by atoms with Crippen LogP contribution in [0.25, 0.3) is 0 Å². The van der Waals surface area contributed by atoms with Crippen molar-refractivity contribution in [3.05, 3.63) is 36.4 Å². The number of aliphatic hydroxyl groups excluding tert-OH is 1. The predicted octanol–water partition coefficient (Wildman–Crippen LogP) is 2.49. The highest BCUT2D eigenvalue weighted by atomic mass is 19.1. The number of hydrogen-bond donors (Lipinski definition) is 1. The maximum atomic E-state index is 12.2. The van der Waals surface area contributed by atoms with Gasteiger partial charge in [-0.1, -0.05) is 18.7 Å². The minimum atomic E-state index is -0.734. The van der Waals surface area contributed by atoms with Crippen LogP contribution in [0.5, 0.6) is 0 Å². The Balaban J connectivity index is 4.17. The van der Waals surface area contributed by atoms with Gasteiger partial charge >= 0.3 is 0 Å². The van der Waals surface area contributed by atoms with Crippen molar-refractivity contribution >= 4 is 0 Å². The molecule has 1 N–H and O–H groups in total. The van der Waals surface area contributed by atoms with E-state index in [2.05, 4.69) is 13.2 Å². The highest BCUT2D eigenvalue weighted by molar-refractivity contribution is 5.24. The molecule has 0 aromatic carbocycles. The normalized spacial score (nSPS) is 11.1. The summed E-state index contributed by atoms with van der Waals surface area (Å²) in [6, 6.07) is 0. The van der Waals surface area contributed by atoms with Gasteiger partial charge in [0.2, 0.25) is 0 Å². The molecule has 0 aromatic heterocycles. The Morgan fingerprint density at radius 1 is 1.56 bits per heavy atom. The molecule has 1 nitrogen and oxygen atoms in total. The van der Waals surface area contributed by atoms with Gasteiger partial charge in [0.15, 0.2) is 5.83 Å². The monoisotopic (exact) mass is 128 g/mol. The van der Waals surface area contributed by atoms with Gasteiger partial charge in [-0.2, -0.15) is 0 Å². The number of rotatable bonds is 2. The molecular formula is C7H9FO. The van der Waals surface area contributed by atoms with Gasteiger partial charge < -0.3 is 5.11 Å². The van der Waals surface area contributed by atoms with Gasteiger partial charge in [0.25, 0.3) is 0 Å². The first-order valence-electron chi connectivity index (χ1n) is 2.45. The average molecular weight is 128 g/mol. The van der Waals surface area contributed by atoms with Gasteiger partial charge in [-0.25, -0.2) is 4.39 Å². The second-order valence-corrected chi connectivity index (χ2v) is 1.79. The van der Waals surface area contributed by atoms with Crippen molar-refractivity contribution in [3.63, 3.8) is 0 Å². The summed E-state index contributed by atoms with van der Waals surface area (Å²) in [6.07, 6.45) is 1.11. The van der Waals surface area contributed by atoms with Crippen LogP contribution < -0.4 is 0 Å². The molecule has 50 valence electrons. The van der Waals surface area contributed by atoms with E-state index in [0.29, 0.717) is 5.57 Å². The second-order valence-electron chi connectivity index (χ2n) is 1.79. The standard InChI is InChI=1S/C7H9FO/c1-5(2)4-7(8)6(3)9/h4,9H,1,3H2,2H3/b7-4+. The topological polar surface area (TPSA) is 20.2 Å². The van der Waals surface area contributed by atoms with E-state index in [0.717, 1.165) is 6.08 Å². The quantitative estimate of drug-likeness (QED) is 0.447. The van der Waals surface area contributed by atoms with Crippen LogP contribution in [0, 0.1) is 0 Å². The van der Waals surface area contributed by atoms with Crippen molar-refractivity contribution in [2.45, 2.75) is 6.92 Å². The van der Waals surface area contributed by atoms with E-state index in [1.165, 1.54) is 0 Å². The van der Waals surface area contributed by atoms with Crippen LogP contribution in [-0.4, -0.2) is 5.11 Å². The van der Waals surface area contributed by atoms with Crippen LogP contribution in [-0.2, 0) is 0 Å². The Morgan fingerprint density at radius 2 is 2.00 bits per heavy atom. The second kappa shape index (κ2) is 3.07. The van der Waals surface area contributed by atoms with Crippen molar-refractivity contribution in [1.82, 2.24) is 0 Å². The Morgan fingerprint density at radius 3 is 2.11 bits per heavy atom. The third-order valence-electron chi connectivity index (χ3n) is 0.649. The van der Waals surface area contributed by atoms with Gasteiger partial charge in [0, 0.05) is 0 Å². The van der Waals surface area contributed by atoms with E-state index in [1.807, 2.05) is 0 Å².